The fourth-order valence-corrected chi connectivity index (χ4v) is 4.65. The number of anilines is 1. The molecule has 1 unspecified atom stereocenters. The zero-order valence-electron chi connectivity index (χ0n) is 18.9. The number of benzene rings is 3. The van der Waals surface area contributed by atoms with Crippen molar-refractivity contribution < 1.29 is 14.3 Å². The van der Waals surface area contributed by atoms with Gasteiger partial charge in [0.2, 0.25) is 0 Å². The predicted octanol–water partition coefficient (Wildman–Crippen LogP) is 6.29. The highest BCUT2D eigenvalue weighted by atomic mass is 35.5. The minimum absolute atomic E-state index is 0.252. The number of fused-ring (bicyclic) bond motifs is 3. The van der Waals surface area contributed by atoms with Crippen molar-refractivity contribution in [2.45, 2.75) is 12.6 Å². The van der Waals surface area contributed by atoms with Gasteiger partial charge in [-0.05, 0) is 53.6 Å². The molecule has 7 heteroatoms. The molecule has 1 aliphatic rings. The lowest BCUT2D eigenvalue weighted by molar-refractivity contribution is 0.194. The predicted molar refractivity (Wildman–Crippen MR) is 133 cm³/mol. The highest BCUT2D eigenvalue weighted by Crippen LogP contribution is 2.40. The Labute approximate surface area is 203 Å². The van der Waals surface area contributed by atoms with E-state index in [1.165, 1.54) is 0 Å². The molecular weight excluding hydrogens is 450 g/mol. The number of hydrogen-bond donors (Lipinski definition) is 1. The van der Waals surface area contributed by atoms with Gasteiger partial charge in [-0.2, -0.15) is 0 Å². The number of nitrogens with one attached hydrogen (secondary N) is 1. The first-order chi connectivity index (χ1) is 16.6. The van der Waals surface area contributed by atoms with Crippen molar-refractivity contribution in [3.63, 3.8) is 0 Å². The van der Waals surface area contributed by atoms with Gasteiger partial charge in [0.25, 0.3) is 0 Å². The Balaban J connectivity index is 1.66. The molecule has 0 fully saturated rings. The van der Waals surface area contributed by atoms with Gasteiger partial charge in [0.05, 0.1) is 43.2 Å². The van der Waals surface area contributed by atoms with Crippen LogP contribution in [0.1, 0.15) is 22.9 Å². The van der Waals surface area contributed by atoms with E-state index in [1.807, 2.05) is 71.8 Å². The molecule has 5 rings (SSSR count). The standard InChI is InChI=1S/C27H24ClN3O3/c1-33-24-14-13-18(16-25(24)34-2)26-23-12-7-15-30(23)22-11-6-3-8-19(22)17-31(26)27(32)29-21-10-5-4-9-20(21)28/h3-16,26H,17H2,1-2H3,(H,29,32). The van der Waals surface area contributed by atoms with Crippen LogP contribution in [0.2, 0.25) is 5.02 Å². The average molecular weight is 474 g/mol. The first-order valence-electron chi connectivity index (χ1n) is 10.9. The SMILES string of the molecule is COc1ccc(C2c3cccn3-c3ccccc3CN2C(=O)Nc2ccccc2Cl)cc1OC. The normalized spacial score (nSPS) is 14.6. The van der Waals surface area contributed by atoms with E-state index in [2.05, 4.69) is 16.0 Å². The smallest absolute Gasteiger partial charge is 0.323 e. The second kappa shape index (κ2) is 9.15. The highest BCUT2D eigenvalue weighted by molar-refractivity contribution is 6.33. The number of hydrogen-bond acceptors (Lipinski definition) is 3. The van der Waals surface area contributed by atoms with E-state index >= 15 is 0 Å². The van der Waals surface area contributed by atoms with Crippen molar-refractivity contribution in [2.75, 3.05) is 19.5 Å². The number of aromatic nitrogens is 1. The number of carbonyl (C=O) groups is 1. The summed E-state index contributed by atoms with van der Waals surface area (Å²) in [7, 11) is 3.21. The molecule has 4 aromatic rings. The lowest BCUT2D eigenvalue weighted by Crippen LogP contribution is -2.38. The molecule has 1 aliphatic heterocycles. The van der Waals surface area contributed by atoms with E-state index in [1.54, 1.807) is 26.4 Å². The number of methoxy groups -OCH3 is 2. The summed E-state index contributed by atoms with van der Waals surface area (Å²) in [5.41, 5.74) is 4.51. The van der Waals surface area contributed by atoms with E-state index in [0.717, 1.165) is 22.5 Å². The van der Waals surface area contributed by atoms with Crippen molar-refractivity contribution in [3.05, 3.63) is 107 Å². The summed E-state index contributed by atoms with van der Waals surface area (Å²) >= 11 is 6.34. The molecule has 0 bridgehead atoms. The summed E-state index contributed by atoms with van der Waals surface area (Å²) in [5, 5.41) is 3.49. The van der Waals surface area contributed by atoms with Crippen molar-refractivity contribution in [3.8, 4) is 17.2 Å². The number of ether oxygens (including phenoxy) is 2. The Bertz CT molecular complexity index is 1350. The van der Waals surface area contributed by atoms with E-state index in [4.69, 9.17) is 21.1 Å². The summed E-state index contributed by atoms with van der Waals surface area (Å²) < 4.78 is 13.1. The number of halogens is 1. The fraction of sp³-hybridized carbons (Fsp3) is 0.148. The first-order valence-corrected chi connectivity index (χ1v) is 11.3. The molecule has 1 N–H and O–H groups in total. The van der Waals surface area contributed by atoms with Gasteiger partial charge in [-0.1, -0.05) is 48.0 Å². The van der Waals surface area contributed by atoms with Crippen molar-refractivity contribution >= 4 is 23.3 Å². The van der Waals surface area contributed by atoms with Crippen LogP contribution in [0.4, 0.5) is 10.5 Å². The van der Waals surface area contributed by atoms with Crippen LogP contribution in [0.15, 0.2) is 85.1 Å². The number of nitrogens with zero attached hydrogens (tertiary/aromatic N) is 2. The summed E-state index contributed by atoms with van der Waals surface area (Å²) in [6.45, 7) is 0.410. The monoisotopic (exact) mass is 473 g/mol. The number of urea groups is 1. The molecule has 0 saturated heterocycles. The van der Waals surface area contributed by atoms with Gasteiger partial charge in [0, 0.05) is 11.9 Å². The molecular formula is C27H24ClN3O3. The minimum atomic E-state index is -0.385. The number of para-hydroxylation sites is 2. The molecule has 34 heavy (non-hydrogen) atoms. The molecule has 6 nitrogen and oxygen atoms in total. The van der Waals surface area contributed by atoms with Crippen LogP contribution >= 0.6 is 11.6 Å². The summed E-state index contributed by atoms with van der Waals surface area (Å²) in [6.07, 6.45) is 2.03. The second-order valence-corrected chi connectivity index (χ2v) is 8.39. The molecule has 0 aliphatic carbocycles. The van der Waals surface area contributed by atoms with Gasteiger partial charge in [0.1, 0.15) is 0 Å². The van der Waals surface area contributed by atoms with E-state index in [9.17, 15) is 4.79 Å². The van der Waals surface area contributed by atoms with Crippen LogP contribution in [0.3, 0.4) is 0 Å². The summed E-state index contributed by atoms with van der Waals surface area (Å²) in [5.74, 6) is 1.23. The molecule has 3 aromatic carbocycles. The molecule has 2 heterocycles. The molecule has 0 spiro atoms. The zero-order chi connectivity index (χ0) is 23.7. The number of rotatable bonds is 4. The van der Waals surface area contributed by atoms with Crippen LogP contribution < -0.4 is 14.8 Å². The topological polar surface area (TPSA) is 55.7 Å². The van der Waals surface area contributed by atoms with Crippen LogP contribution in [-0.4, -0.2) is 29.7 Å². The quantitative estimate of drug-likeness (QED) is 0.379. The molecule has 1 atom stereocenters. The Kier molecular flexibility index (Phi) is 5.90. The van der Waals surface area contributed by atoms with Crippen molar-refractivity contribution in [1.29, 1.82) is 0 Å². The van der Waals surface area contributed by atoms with Crippen LogP contribution in [-0.2, 0) is 6.54 Å². The van der Waals surface area contributed by atoms with Gasteiger partial charge >= 0.3 is 6.03 Å². The Morgan fingerprint density at radius 3 is 2.50 bits per heavy atom. The maximum Gasteiger partial charge on any atom is 0.323 e. The van der Waals surface area contributed by atoms with Crippen molar-refractivity contribution in [2.24, 2.45) is 0 Å². The maximum atomic E-state index is 13.8. The first kappa shape index (κ1) is 21.9. The lowest BCUT2D eigenvalue weighted by atomic mass is 10.0. The number of amides is 2. The Hall–Kier alpha value is -3.90. The minimum Gasteiger partial charge on any atom is -0.493 e. The van der Waals surface area contributed by atoms with Crippen LogP contribution in [0, 0.1) is 0 Å². The Morgan fingerprint density at radius 2 is 1.71 bits per heavy atom. The van der Waals surface area contributed by atoms with Gasteiger partial charge < -0.3 is 24.3 Å². The third kappa shape index (κ3) is 3.86. The largest absolute Gasteiger partial charge is 0.493 e. The third-order valence-electron chi connectivity index (χ3n) is 6.06. The third-order valence-corrected chi connectivity index (χ3v) is 6.39. The van der Waals surface area contributed by atoms with E-state index in [0.29, 0.717) is 28.8 Å². The molecule has 1 aromatic heterocycles. The molecule has 2 amide bonds. The van der Waals surface area contributed by atoms with E-state index < -0.39 is 0 Å². The van der Waals surface area contributed by atoms with Crippen LogP contribution in [0.5, 0.6) is 11.5 Å². The fourth-order valence-electron chi connectivity index (χ4n) is 4.46. The van der Waals surface area contributed by atoms with Crippen LogP contribution in [0.25, 0.3) is 5.69 Å². The second-order valence-electron chi connectivity index (χ2n) is 7.99. The highest BCUT2D eigenvalue weighted by Gasteiger charge is 2.33. The van der Waals surface area contributed by atoms with E-state index in [-0.39, 0.29) is 12.1 Å². The zero-order valence-corrected chi connectivity index (χ0v) is 19.6. The van der Waals surface area contributed by atoms with Gasteiger partial charge in [-0.25, -0.2) is 4.79 Å². The lowest BCUT2D eigenvalue weighted by Gasteiger charge is -2.31. The van der Waals surface area contributed by atoms with Gasteiger partial charge in [0.15, 0.2) is 11.5 Å². The molecule has 172 valence electrons. The number of carbonyl (C=O) groups excluding carboxylic acids is 1. The van der Waals surface area contributed by atoms with Gasteiger partial charge in [-0.15, -0.1) is 0 Å². The van der Waals surface area contributed by atoms with Gasteiger partial charge in [-0.3, -0.25) is 0 Å². The summed E-state index contributed by atoms with van der Waals surface area (Å²) in [4.78, 5) is 15.6. The summed E-state index contributed by atoms with van der Waals surface area (Å²) in [6, 6.07) is 24.5. The average Bonchev–Trinajstić information content (AvgIpc) is 3.29. The van der Waals surface area contributed by atoms with Crippen molar-refractivity contribution in [1.82, 2.24) is 9.47 Å². The maximum absolute atomic E-state index is 13.8. The molecule has 0 saturated carbocycles. The molecule has 0 radical (unpaired) electrons. The Morgan fingerprint density at radius 1 is 0.941 bits per heavy atom.